The smallest absolute Gasteiger partial charge is 0.0443 e. The van der Waals surface area contributed by atoms with Crippen LogP contribution in [0.1, 0.15) is 33.1 Å². The molecule has 1 saturated heterocycles. The third kappa shape index (κ3) is 4.40. The Morgan fingerprint density at radius 1 is 1.31 bits per heavy atom. The van der Waals surface area contributed by atoms with Crippen molar-refractivity contribution in [2.45, 2.75) is 33.1 Å². The maximum absolute atomic E-state index is 8.73. The molecule has 0 bridgehead atoms. The van der Waals surface area contributed by atoms with Gasteiger partial charge in [0.25, 0.3) is 0 Å². The molecule has 96 valence electrons. The van der Waals surface area contributed by atoms with Gasteiger partial charge < -0.3 is 15.3 Å². The summed E-state index contributed by atoms with van der Waals surface area (Å²) in [6, 6.07) is 0. The zero-order valence-corrected chi connectivity index (χ0v) is 11.1. The van der Waals surface area contributed by atoms with Gasteiger partial charge >= 0.3 is 0 Å². The summed E-state index contributed by atoms with van der Waals surface area (Å²) in [6.45, 7) is 9.52. The van der Waals surface area contributed by atoms with E-state index in [1.807, 2.05) is 0 Å². The van der Waals surface area contributed by atoms with Crippen LogP contribution in [-0.2, 0) is 0 Å². The zero-order chi connectivity index (χ0) is 12.0. The number of piperidine rings is 1. The van der Waals surface area contributed by atoms with E-state index in [9.17, 15) is 0 Å². The SMILES string of the molecule is CN1CCC(C(C)(C)CNCCCO)CC1. The molecule has 0 amide bonds. The molecule has 0 aromatic heterocycles. The lowest BCUT2D eigenvalue weighted by Gasteiger charge is -2.40. The van der Waals surface area contributed by atoms with Crippen molar-refractivity contribution in [3.05, 3.63) is 0 Å². The van der Waals surface area contributed by atoms with Crippen LogP contribution in [0.25, 0.3) is 0 Å². The van der Waals surface area contributed by atoms with Gasteiger partial charge in [-0.15, -0.1) is 0 Å². The number of aliphatic hydroxyl groups is 1. The first kappa shape index (κ1) is 13.9. The summed E-state index contributed by atoms with van der Waals surface area (Å²) in [5.41, 5.74) is 0.386. The highest BCUT2D eigenvalue weighted by atomic mass is 16.3. The van der Waals surface area contributed by atoms with Crippen molar-refractivity contribution in [2.75, 3.05) is 39.8 Å². The molecule has 1 aliphatic heterocycles. The first-order valence-electron chi connectivity index (χ1n) is 6.56. The normalized spacial score (nSPS) is 20.2. The minimum Gasteiger partial charge on any atom is -0.396 e. The van der Waals surface area contributed by atoms with E-state index in [2.05, 4.69) is 31.1 Å². The third-order valence-corrected chi connectivity index (χ3v) is 3.92. The van der Waals surface area contributed by atoms with Crippen molar-refractivity contribution < 1.29 is 5.11 Å². The molecule has 1 heterocycles. The Morgan fingerprint density at radius 2 is 1.94 bits per heavy atom. The van der Waals surface area contributed by atoms with Crippen LogP contribution in [0, 0.1) is 11.3 Å². The monoisotopic (exact) mass is 228 g/mol. The van der Waals surface area contributed by atoms with Crippen molar-refractivity contribution in [1.29, 1.82) is 0 Å². The van der Waals surface area contributed by atoms with Gasteiger partial charge in [-0.3, -0.25) is 0 Å². The van der Waals surface area contributed by atoms with Crippen molar-refractivity contribution in [3.8, 4) is 0 Å². The maximum Gasteiger partial charge on any atom is 0.0443 e. The highest BCUT2D eigenvalue weighted by Gasteiger charge is 2.31. The first-order chi connectivity index (χ1) is 7.56. The summed E-state index contributed by atoms with van der Waals surface area (Å²) < 4.78 is 0. The van der Waals surface area contributed by atoms with Crippen LogP contribution in [0.5, 0.6) is 0 Å². The molecular formula is C13H28N2O. The van der Waals surface area contributed by atoms with Crippen LogP contribution in [0.3, 0.4) is 0 Å². The fraction of sp³-hybridized carbons (Fsp3) is 1.00. The van der Waals surface area contributed by atoms with Crippen LogP contribution in [0.15, 0.2) is 0 Å². The Hall–Kier alpha value is -0.120. The van der Waals surface area contributed by atoms with Crippen LogP contribution in [0.4, 0.5) is 0 Å². The Balaban J connectivity index is 2.26. The van der Waals surface area contributed by atoms with E-state index in [1.54, 1.807) is 0 Å². The van der Waals surface area contributed by atoms with Gasteiger partial charge in [0.1, 0.15) is 0 Å². The van der Waals surface area contributed by atoms with E-state index in [4.69, 9.17) is 5.11 Å². The lowest BCUT2D eigenvalue weighted by atomic mass is 9.73. The van der Waals surface area contributed by atoms with E-state index in [-0.39, 0.29) is 0 Å². The second-order valence-electron chi connectivity index (χ2n) is 5.82. The van der Waals surface area contributed by atoms with E-state index in [0.29, 0.717) is 12.0 Å². The first-order valence-corrected chi connectivity index (χ1v) is 6.56. The number of nitrogens with one attached hydrogen (secondary N) is 1. The molecule has 16 heavy (non-hydrogen) atoms. The van der Waals surface area contributed by atoms with E-state index in [1.165, 1.54) is 25.9 Å². The molecule has 0 radical (unpaired) electrons. The van der Waals surface area contributed by atoms with E-state index < -0.39 is 0 Å². The molecule has 1 rings (SSSR count). The fourth-order valence-corrected chi connectivity index (χ4v) is 2.55. The molecule has 1 aliphatic rings. The maximum atomic E-state index is 8.73. The van der Waals surface area contributed by atoms with Crippen LogP contribution in [-0.4, -0.2) is 49.8 Å². The molecule has 0 saturated carbocycles. The molecule has 3 heteroatoms. The molecule has 2 N–H and O–H groups in total. The molecule has 0 unspecified atom stereocenters. The van der Waals surface area contributed by atoms with Gasteiger partial charge in [-0.1, -0.05) is 13.8 Å². The Morgan fingerprint density at radius 3 is 2.50 bits per heavy atom. The topological polar surface area (TPSA) is 35.5 Å². The minimum absolute atomic E-state index is 0.293. The number of hydrogen-bond acceptors (Lipinski definition) is 3. The number of nitrogens with zero attached hydrogens (tertiary/aromatic N) is 1. The van der Waals surface area contributed by atoms with Gasteiger partial charge in [-0.25, -0.2) is 0 Å². The van der Waals surface area contributed by atoms with E-state index in [0.717, 1.165) is 25.4 Å². The Bertz CT molecular complexity index is 186. The lowest BCUT2D eigenvalue weighted by Crippen LogP contribution is -2.42. The predicted molar refractivity (Wildman–Crippen MR) is 68.6 cm³/mol. The summed E-state index contributed by atoms with van der Waals surface area (Å²) in [5, 5.41) is 12.2. The third-order valence-electron chi connectivity index (χ3n) is 3.92. The zero-order valence-electron chi connectivity index (χ0n) is 11.1. The van der Waals surface area contributed by atoms with Crippen LogP contribution >= 0.6 is 0 Å². The van der Waals surface area contributed by atoms with Gasteiger partial charge in [0.15, 0.2) is 0 Å². The van der Waals surface area contributed by atoms with Gasteiger partial charge in [0.2, 0.25) is 0 Å². The highest BCUT2D eigenvalue weighted by Crippen LogP contribution is 2.34. The lowest BCUT2D eigenvalue weighted by molar-refractivity contribution is 0.113. The average Bonchev–Trinajstić information content (AvgIpc) is 2.25. The molecule has 0 atom stereocenters. The second-order valence-corrected chi connectivity index (χ2v) is 5.82. The second kappa shape index (κ2) is 6.58. The standard InChI is InChI=1S/C13H28N2O/c1-13(2,11-14-7-4-10-16)12-5-8-15(3)9-6-12/h12,14,16H,4-11H2,1-3H3. The van der Waals surface area contributed by atoms with Crippen LogP contribution in [0.2, 0.25) is 0 Å². The highest BCUT2D eigenvalue weighted by molar-refractivity contribution is 4.84. The summed E-state index contributed by atoms with van der Waals surface area (Å²) in [6.07, 6.45) is 3.51. The van der Waals surface area contributed by atoms with Crippen molar-refractivity contribution in [1.82, 2.24) is 10.2 Å². The van der Waals surface area contributed by atoms with Gasteiger partial charge in [-0.2, -0.15) is 0 Å². The molecular weight excluding hydrogens is 200 g/mol. The molecule has 3 nitrogen and oxygen atoms in total. The van der Waals surface area contributed by atoms with Gasteiger partial charge in [-0.05, 0) is 57.3 Å². The molecule has 0 aliphatic carbocycles. The van der Waals surface area contributed by atoms with Crippen molar-refractivity contribution in [2.24, 2.45) is 11.3 Å². The largest absolute Gasteiger partial charge is 0.396 e. The van der Waals surface area contributed by atoms with Gasteiger partial charge in [0, 0.05) is 13.2 Å². The number of likely N-dealkylation sites (tertiary alicyclic amines) is 1. The molecule has 0 aromatic rings. The Kier molecular flexibility index (Phi) is 5.73. The molecule has 0 spiro atoms. The summed E-state index contributed by atoms with van der Waals surface area (Å²) in [7, 11) is 2.21. The molecule has 0 aromatic carbocycles. The summed E-state index contributed by atoms with van der Waals surface area (Å²) in [5.74, 6) is 0.838. The van der Waals surface area contributed by atoms with E-state index >= 15 is 0 Å². The summed E-state index contributed by atoms with van der Waals surface area (Å²) >= 11 is 0. The van der Waals surface area contributed by atoms with Crippen LogP contribution < -0.4 is 5.32 Å². The fourth-order valence-electron chi connectivity index (χ4n) is 2.55. The minimum atomic E-state index is 0.293. The van der Waals surface area contributed by atoms with Crippen molar-refractivity contribution in [3.63, 3.8) is 0 Å². The quantitative estimate of drug-likeness (QED) is 0.673. The van der Waals surface area contributed by atoms with Crippen molar-refractivity contribution >= 4 is 0 Å². The summed E-state index contributed by atoms with van der Waals surface area (Å²) in [4.78, 5) is 2.42. The number of aliphatic hydroxyl groups excluding tert-OH is 1. The average molecular weight is 228 g/mol. The van der Waals surface area contributed by atoms with Gasteiger partial charge in [0.05, 0.1) is 0 Å². The number of rotatable bonds is 6. The number of hydrogen-bond donors (Lipinski definition) is 2. The Labute approximate surface area is 100 Å². The molecule has 1 fully saturated rings. The predicted octanol–water partition coefficient (Wildman–Crippen LogP) is 1.33.